The molecular weight excluding hydrogens is 226 g/mol. The van der Waals surface area contributed by atoms with Crippen LogP contribution in [0.2, 0.25) is 0 Å². The van der Waals surface area contributed by atoms with Gasteiger partial charge < -0.3 is 0 Å². The molecule has 5 nitrogen and oxygen atoms in total. The number of nitriles is 1. The van der Waals surface area contributed by atoms with Crippen molar-refractivity contribution in [2.75, 3.05) is 0 Å². The Hall–Kier alpha value is -2.96. The van der Waals surface area contributed by atoms with E-state index in [4.69, 9.17) is 10.7 Å². The van der Waals surface area contributed by atoms with Crippen LogP contribution in [0.5, 0.6) is 0 Å². The van der Waals surface area contributed by atoms with Crippen LogP contribution in [0.3, 0.4) is 0 Å². The van der Waals surface area contributed by atoms with Gasteiger partial charge in [-0.05, 0) is 17.5 Å². The van der Waals surface area contributed by atoms with E-state index in [1.54, 1.807) is 10.7 Å². The van der Waals surface area contributed by atoms with Crippen LogP contribution in [-0.4, -0.2) is 15.8 Å². The molecule has 0 saturated heterocycles. The molecule has 0 bridgehead atoms. The van der Waals surface area contributed by atoms with E-state index >= 15 is 0 Å². The normalized spacial score (nSPS) is 10.2. The number of pyridine rings is 1. The number of hydrogen-bond donors (Lipinski definition) is 1. The molecule has 5 heteroatoms. The third-order valence-corrected chi connectivity index (χ3v) is 2.77. The van der Waals surface area contributed by atoms with E-state index in [0.29, 0.717) is 0 Å². The predicted molar refractivity (Wildman–Crippen MR) is 65.9 cm³/mol. The molecule has 84 valence electrons. The molecule has 2 aromatic heterocycles. The molecule has 18 heavy (non-hydrogen) atoms. The summed E-state index contributed by atoms with van der Waals surface area (Å²) < 4.78 is 3.03. The Kier molecular flexibility index (Phi) is 2.16. The molecule has 3 rings (SSSR count). The Morgan fingerprint density at radius 1 is 1.33 bits per heavy atom. The zero-order chi connectivity index (χ0) is 12.5. The molecular formula is C13H8N5+. The highest BCUT2D eigenvalue weighted by Gasteiger charge is 2.15. The molecule has 3 aromatic rings. The molecule has 0 unspecified atom stereocenters. The number of allylic oxidation sites excluding steroid dienone is 1. The zero-order valence-electron chi connectivity index (χ0n) is 9.33. The van der Waals surface area contributed by atoms with Gasteiger partial charge in [0.05, 0.1) is 0 Å². The van der Waals surface area contributed by atoms with Crippen LogP contribution < -0.4 is 4.52 Å². The molecule has 0 fully saturated rings. The number of hydrogen-bond acceptors (Lipinski definition) is 3. The summed E-state index contributed by atoms with van der Waals surface area (Å²) >= 11 is 0. The van der Waals surface area contributed by atoms with Crippen molar-refractivity contribution in [3.05, 3.63) is 42.7 Å². The highest BCUT2D eigenvalue weighted by atomic mass is 15.5. The van der Waals surface area contributed by atoms with Gasteiger partial charge in [-0.1, -0.05) is 22.9 Å². The summed E-state index contributed by atoms with van der Waals surface area (Å²) in [7, 11) is 0. The number of fused-ring (bicyclic) bond motifs is 3. The minimum Gasteiger partial charge on any atom is -0.254 e. The van der Waals surface area contributed by atoms with Crippen LogP contribution >= 0.6 is 0 Å². The first-order valence-electron chi connectivity index (χ1n) is 5.33. The van der Waals surface area contributed by atoms with Crippen molar-refractivity contribution in [2.45, 2.75) is 0 Å². The lowest BCUT2D eigenvalue weighted by atomic mass is 10.1. The van der Waals surface area contributed by atoms with E-state index in [0.717, 1.165) is 16.3 Å². The fraction of sp³-hybridized carbons (Fsp3) is 0. The number of benzene rings is 1. The smallest absolute Gasteiger partial charge is 0.254 e. The average molecular weight is 234 g/mol. The van der Waals surface area contributed by atoms with Gasteiger partial charge in [-0.2, -0.15) is 5.26 Å². The number of aromatic nitrogens is 3. The maximum atomic E-state index is 8.88. The van der Waals surface area contributed by atoms with Crippen LogP contribution in [0.15, 0.2) is 42.7 Å². The number of nitrogens with zero attached hydrogens (tertiary/aromatic N) is 4. The summed E-state index contributed by atoms with van der Waals surface area (Å²) in [6.07, 6.45) is 3.55. The van der Waals surface area contributed by atoms with E-state index in [9.17, 15) is 0 Å². The van der Waals surface area contributed by atoms with Crippen molar-refractivity contribution in [1.29, 1.82) is 10.7 Å². The Morgan fingerprint density at radius 2 is 2.17 bits per heavy atom. The molecule has 0 aliphatic rings. The Bertz CT molecular complexity index is 847. The summed E-state index contributed by atoms with van der Waals surface area (Å²) in [6, 6.07) is 11.8. The lowest BCUT2D eigenvalue weighted by Crippen LogP contribution is -2.24. The Labute approximate surface area is 102 Å². The van der Waals surface area contributed by atoms with Crippen LogP contribution in [-0.2, 0) is 0 Å². The Morgan fingerprint density at radius 3 is 2.94 bits per heavy atom. The third kappa shape index (κ3) is 1.38. The average Bonchev–Trinajstić information content (AvgIpc) is 2.84. The molecule has 0 aliphatic heterocycles. The maximum absolute atomic E-state index is 8.88. The van der Waals surface area contributed by atoms with Crippen LogP contribution in [0.1, 0.15) is 0 Å². The van der Waals surface area contributed by atoms with Crippen molar-refractivity contribution in [3.8, 4) is 6.07 Å². The zero-order valence-corrected chi connectivity index (χ0v) is 9.33. The first kappa shape index (κ1) is 10.2. The van der Waals surface area contributed by atoms with Gasteiger partial charge in [-0.25, -0.2) is 0 Å². The molecule has 1 N–H and O–H groups in total. The molecule has 2 heterocycles. The van der Waals surface area contributed by atoms with Crippen molar-refractivity contribution in [3.63, 3.8) is 0 Å². The quantitative estimate of drug-likeness (QED) is 0.392. The second-order valence-corrected chi connectivity index (χ2v) is 3.78. The van der Waals surface area contributed by atoms with Gasteiger partial charge >= 0.3 is 0 Å². The van der Waals surface area contributed by atoms with Crippen molar-refractivity contribution in [2.24, 2.45) is 0 Å². The minimum atomic E-state index is 0.0581. The standard InChI is InChI=1S/C13H8N5/c14-7-11(8-15)18-9-13-12-4-2-1-3-10(12)5-6-17(13)16-18/h1-6,9,14H/q+1. The summed E-state index contributed by atoms with van der Waals surface area (Å²) in [5, 5.41) is 22.3. The van der Waals surface area contributed by atoms with Gasteiger partial charge in [-0.3, -0.25) is 5.41 Å². The highest BCUT2D eigenvalue weighted by Crippen LogP contribution is 2.16. The van der Waals surface area contributed by atoms with Gasteiger partial charge in [0.2, 0.25) is 5.52 Å². The van der Waals surface area contributed by atoms with Gasteiger partial charge in [0.1, 0.15) is 11.4 Å². The van der Waals surface area contributed by atoms with Gasteiger partial charge in [0.15, 0.2) is 12.3 Å². The lowest BCUT2D eigenvalue weighted by molar-refractivity contribution is -0.582. The first-order valence-corrected chi connectivity index (χ1v) is 5.33. The van der Waals surface area contributed by atoms with E-state index in [2.05, 4.69) is 11.1 Å². The van der Waals surface area contributed by atoms with Crippen LogP contribution in [0, 0.1) is 16.7 Å². The minimum absolute atomic E-state index is 0.0581. The molecule has 0 saturated carbocycles. The van der Waals surface area contributed by atoms with Crippen LogP contribution in [0.4, 0.5) is 0 Å². The Balaban J connectivity index is 2.40. The second kappa shape index (κ2) is 3.81. The van der Waals surface area contributed by atoms with E-state index in [-0.39, 0.29) is 5.70 Å². The number of nitrogens with one attached hydrogen (secondary N) is 1. The van der Waals surface area contributed by atoms with Crippen molar-refractivity contribution >= 4 is 27.9 Å². The molecule has 0 amide bonds. The summed E-state index contributed by atoms with van der Waals surface area (Å²) in [6.45, 7) is 0. The molecule has 0 spiro atoms. The van der Waals surface area contributed by atoms with E-state index in [1.807, 2.05) is 42.6 Å². The molecule has 0 aliphatic carbocycles. The third-order valence-electron chi connectivity index (χ3n) is 2.77. The summed E-state index contributed by atoms with van der Waals surface area (Å²) in [5.41, 5.74) is 0.943. The lowest BCUT2D eigenvalue weighted by Gasteiger charge is -1.93. The highest BCUT2D eigenvalue weighted by molar-refractivity contribution is 5.93. The SMILES string of the molecule is N#CC(=C=N)n1cc2c3ccccc3cc[n+]2n1. The van der Waals surface area contributed by atoms with Gasteiger partial charge in [0.25, 0.3) is 5.70 Å². The molecule has 0 radical (unpaired) electrons. The molecule has 1 aromatic carbocycles. The topological polar surface area (TPSA) is 69.6 Å². The molecule has 0 atom stereocenters. The number of rotatable bonds is 1. The fourth-order valence-corrected chi connectivity index (χ4v) is 1.93. The fourth-order valence-electron chi connectivity index (χ4n) is 1.93. The maximum Gasteiger partial charge on any atom is 0.293 e. The van der Waals surface area contributed by atoms with Gasteiger partial charge in [-0.15, -0.1) is 4.52 Å². The van der Waals surface area contributed by atoms with E-state index < -0.39 is 0 Å². The largest absolute Gasteiger partial charge is 0.293 e. The first-order chi connectivity index (χ1) is 8.83. The summed E-state index contributed by atoms with van der Waals surface area (Å²) in [4.78, 5) is 0. The van der Waals surface area contributed by atoms with Crippen molar-refractivity contribution < 1.29 is 4.52 Å². The van der Waals surface area contributed by atoms with Gasteiger partial charge in [0, 0.05) is 11.3 Å². The monoisotopic (exact) mass is 234 g/mol. The second-order valence-electron chi connectivity index (χ2n) is 3.78. The van der Waals surface area contributed by atoms with Crippen molar-refractivity contribution in [1.82, 2.24) is 9.90 Å². The van der Waals surface area contributed by atoms with Crippen LogP contribution in [0.25, 0.3) is 22.0 Å². The summed E-state index contributed by atoms with van der Waals surface area (Å²) in [5.74, 6) is 2.07. The predicted octanol–water partition coefficient (Wildman–Crippen LogP) is 1.39. The van der Waals surface area contributed by atoms with E-state index in [1.165, 1.54) is 4.68 Å².